The Kier molecular flexibility index (Phi) is 6.79. The van der Waals surface area contributed by atoms with Gasteiger partial charge in [0.25, 0.3) is 8.32 Å². The lowest BCUT2D eigenvalue weighted by molar-refractivity contribution is -0.309. The number of ether oxygens (including phenoxy) is 1. The molecule has 0 spiro atoms. The van der Waals surface area contributed by atoms with E-state index in [1.807, 2.05) is 66.7 Å². The Bertz CT molecular complexity index is 1120. The molecule has 3 nitrogen and oxygen atoms in total. The van der Waals surface area contributed by atoms with Gasteiger partial charge in [0.15, 0.2) is 0 Å². The average molecular weight is 498 g/mol. The van der Waals surface area contributed by atoms with E-state index in [0.29, 0.717) is 0 Å². The standard InChI is InChI=1S/C29H35F2NO2Si/c1-23-27(32(22-29(30,31)34-23)20-24-14-8-5-9-15-24)21-33-35(28(2,3)4,25-16-10-6-11-17-25)26-18-12-7-13-19-26/h5-19,23,27H,20-22H2,1-4H3/t23-,27+/m0/s1/i22D2. The van der Waals surface area contributed by atoms with Crippen molar-refractivity contribution in [2.45, 2.75) is 57.5 Å². The summed E-state index contributed by atoms with van der Waals surface area (Å²) in [6.07, 6.45) is -4.92. The van der Waals surface area contributed by atoms with Crippen LogP contribution < -0.4 is 10.4 Å². The zero-order chi connectivity index (χ0) is 26.9. The van der Waals surface area contributed by atoms with Gasteiger partial charge in [0.2, 0.25) is 0 Å². The van der Waals surface area contributed by atoms with Gasteiger partial charge in [-0.25, -0.2) is 0 Å². The molecule has 186 valence electrons. The smallest absolute Gasteiger partial charge is 0.368 e. The van der Waals surface area contributed by atoms with Gasteiger partial charge in [-0.2, -0.15) is 8.78 Å². The van der Waals surface area contributed by atoms with Crippen molar-refractivity contribution in [1.82, 2.24) is 4.90 Å². The summed E-state index contributed by atoms with van der Waals surface area (Å²) in [6.45, 7) is 5.04. The lowest BCUT2D eigenvalue weighted by Gasteiger charge is -2.47. The van der Waals surface area contributed by atoms with Crippen molar-refractivity contribution in [3.05, 3.63) is 96.6 Å². The summed E-state index contributed by atoms with van der Waals surface area (Å²) in [6, 6.07) is 28.5. The van der Waals surface area contributed by atoms with Gasteiger partial charge in [-0.15, -0.1) is 0 Å². The monoisotopic (exact) mass is 497 g/mol. The summed E-state index contributed by atoms with van der Waals surface area (Å²) < 4.78 is 58.6. The van der Waals surface area contributed by atoms with Crippen LogP contribution in [-0.2, 0) is 15.7 Å². The first kappa shape index (κ1) is 23.0. The fourth-order valence-electron chi connectivity index (χ4n) is 4.98. The van der Waals surface area contributed by atoms with Crippen LogP contribution in [0.15, 0.2) is 91.0 Å². The van der Waals surface area contributed by atoms with Crippen molar-refractivity contribution in [3.8, 4) is 0 Å². The van der Waals surface area contributed by atoms with E-state index in [1.165, 1.54) is 4.90 Å². The van der Waals surface area contributed by atoms with Crippen LogP contribution in [0.1, 0.15) is 36.0 Å². The Hall–Kier alpha value is -2.38. The molecule has 0 saturated carbocycles. The summed E-state index contributed by atoms with van der Waals surface area (Å²) in [5, 5.41) is 1.84. The molecule has 1 heterocycles. The number of alkyl halides is 2. The summed E-state index contributed by atoms with van der Waals surface area (Å²) in [7, 11) is -2.96. The topological polar surface area (TPSA) is 21.7 Å². The Morgan fingerprint density at radius 2 is 1.43 bits per heavy atom. The van der Waals surface area contributed by atoms with Crippen LogP contribution in [0.4, 0.5) is 8.78 Å². The molecule has 0 unspecified atom stereocenters. The Balaban J connectivity index is 1.78. The van der Waals surface area contributed by atoms with Gasteiger partial charge in [0, 0.05) is 6.54 Å². The molecular weight excluding hydrogens is 460 g/mol. The fourth-order valence-corrected chi connectivity index (χ4v) is 9.55. The lowest BCUT2D eigenvalue weighted by atomic mass is 10.1. The Morgan fingerprint density at radius 1 is 0.943 bits per heavy atom. The van der Waals surface area contributed by atoms with E-state index < -0.39 is 33.1 Å². The molecule has 0 aliphatic carbocycles. The number of hydrogen-bond donors (Lipinski definition) is 0. The maximum Gasteiger partial charge on any atom is 0.368 e. The van der Waals surface area contributed by atoms with Crippen LogP contribution in [0.5, 0.6) is 0 Å². The van der Waals surface area contributed by atoms with Crippen LogP contribution in [0.3, 0.4) is 0 Å². The first-order valence-corrected chi connectivity index (χ1v) is 13.9. The van der Waals surface area contributed by atoms with E-state index in [-0.39, 0.29) is 18.2 Å². The van der Waals surface area contributed by atoms with Crippen molar-refractivity contribution >= 4 is 18.7 Å². The molecule has 3 aromatic rings. The van der Waals surface area contributed by atoms with E-state index in [1.54, 1.807) is 6.92 Å². The quantitative estimate of drug-likeness (QED) is 0.406. The number of benzene rings is 3. The van der Waals surface area contributed by atoms with Crippen LogP contribution in [0.25, 0.3) is 0 Å². The second-order valence-electron chi connectivity index (χ2n) is 10.1. The third kappa shape index (κ3) is 5.56. The van der Waals surface area contributed by atoms with E-state index in [9.17, 15) is 8.78 Å². The highest BCUT2D eigenvalue weighted by Gasteiger charge is 2.52. The molecule has 1 fully saturated rings. The van der Waals surface area contributed by atoms with Gasteiger partial charge < -0.3 is 9.16 Å². The molecule has 6 heteroatoms. The van der Waals surface area contributed by atoms with Crippen molar-refractivity contribution in [3.63, 3.8) is 0 Å². The van der Waals surface area contributed by atoms with Crippen molar-refractivity contribution in [1.29, 1.82) is 0 Å². The molecule has 2 atom stereocenters. The summed E-state index contributed by atoms with van der Waals surface area (Å²) in [5.74, 6) is 0. The molecule has 0 aromatic heterocycles. The zero-order valence-electron chi connectivity index (χ0n) is 22.7. The predicted octanol–water partition coefficient (Wildman–Crippen LogP) is 5.45. The van der Waals surface area contributed by atoms with Crippen LogP contribution in [-0.4, -0.2) is 44.6 Å². The van der Waals surface area contributed by atoms with Gasteiger partial charge in [-0.3, -0.25) is 4.90 Å². The number of halogens is 2. The minimum Gasteiger partial charge on any atom is -0.406 e. The van der Waals surface area contributed by atoms with Crippen molar-refractivity contribution in [2.75, 3.05) is 13.1 Å². The normalized spacial score (nSPS) is 23.4. The summed E-state index contributed by atoms with van der Waals surface area (Å²) in [5.41, 5.74) is 0.742. The SMILES string of the molecule is [2H]C1([2H])N(Cc2ccccc2)[C@H](CO[Si](c2ccccc2)(c2ccccc2)C(C)(C)C)[C@H](C)OC1(F)F. The van der Waals surface area contributed by atoms with Crippen LogP contribution >= 0.6 is 0 Å². The maximum atomic E-state index is 14.9. The Morgan fingerprint density at radius 3 is 1.91 bits per heavy atom. The highest BCUT2D eigenvalue weighted by atomic mass is 28.4. The molecule has 0 N–H and O–H groups in total. The second kappa shape index (κ2) is 10.3. The first-order valence-electron chi connectivity index (χ1n) is 13.0. The van der Waals surface area contributed by atoms with Crippen LogP contribution in [0, 0.1) is 0 Å². The molecule has 1 aliphatic heterocycles. The lowest BCUT2D eigenvalue weighted by Crippen LogP contribution is -2.68. The van der Waals surface area contributed by atoms with Gasteiger partial charge in [-0.1, -0.05) is 112 Å². The second-order valence-corrected chi connectivity index (χ2v) is 14.4. The molecule has 0 bridgehead atoms. The molecule has 3 aromatic carbocycles. The predicted molar refractivity (Wildman–Crippen MR) is 140 cm³/mol. The van der Waals surface area contributed by atoms with E-state index in [2.05, 4.69) is 45.0 Å². The first-order chi connectivity index (χ1) is 17.4. The van der Waals surface area contributed by atoms with Gasteiger partial charge in [0.1, 0.15) is 0 Å². The fraction of sp³-hybridized carbons (Fsp3) is 0.379. The highest BCUT2D eigenvalue weighted by Crippen LogP contribution is 2.38. The molecule has 0 amide bonds. The molecule has 4 rings (SSSR count). The molecule has 1 aliphatic rings. The third-order valence-electron chi connectivity index (χ3n) is 6.63. The minimum atomic E-state index is -3.96. The zero-order valence-corrected chi connectivity index (χ0v) is 21.7. The largest absolute Gasteiger partial charge is 0.406 e. The number of morpholine rings is 1. The molecule has 1 saturated heterocycles. The summed E-state index contributed by atoms with van der Waals surface area (Å²) in [4.78, 5) is 1.22. The maximum absolute atomic E-state index is 14.9. The molecular formula is C29H35F2NO2Si. The number of nitrogens with zero attached hydrogens (tertiary/aromatic N) is 1. The summed E-state index contributed by atoms with van der Waals surface area (Å²) >= 11 is 0. The third-order valence-corrected chi connectivity index (χ3v) is 11.6. The van der Waals surface area contributed by atoms with Crippen molar-refractivity contribution in [2.24, 2.45) is 0 Å². The van der Waals surface area contributed by atoms with E-state index in [4.69, 9.17) is 11.9 Å². The van der Waals surface area contributed by atoms with E-state index >= 15 is 0 Å². The van der Waals surface area contributed by atoms with Crippen molar-refractivity contribution < 1.29 is 20.7 Å². The average Bonchev–Trinajstić information content (AvgIpc) is 2.85. The van der Waals surface area contributed by atoms with E-state index in [0.717, 1.165) is 15.9 Å². The number of rotatable bonds is 7. The van der Waals surface area contributed by atoms with Gasteiger partial charge in [0.05, 0.1) is 28.0 Å². The Labute approximate surface area is 211 Å². The van der Waals surface area contributed by atoms with Gasteiger partial charge >= 0.3 is 6.11 Å². The minimum absolute atomic E-state index is 0.00586. The molecule has 35 heavy (non-hydrogen) atoms. The van der Waals surface area contributed by atoms with Gasteiger partial charge in [-0.05, 0) is 27.9 Å². The highest BCUT2D eigenvalue weighted by molar-refractivity contribution is 6.99. The van der Waals surface area contributed by atoms with Crippen LogP contribution in [0.2, 0.25) is 5.04 Å². The number of hydrogen-bond acceptors (Lipinski definition) is 3. The molecule has 0 radical (unpaired) electrons.